The van der Waals surface area contributed by atoms with E-state index in [9.17, 15) is 9.59 Å². The fraction of sp³-hybridized carbons (Fsp3) is 0.212. The minimum absolute atomic E-state index is 0.0517. The molecule has 214 valence electrons. The molecular formula is C33H24N2O8. The van der Waals surface area contributed by atoms with E-state index in [2.05, 4.69) is 10.6 Å². The Morgan fingerprint density at radius 1 is 0.488 bits per heavy atom. The number of carbonyl (C=O) groups excluding carboxylic acids is 2. The van der Waals surface area contributed by atoms with Gasteiger partial charge in [-0.2, -0.15) is 0 Å². The van der Waals surface area contributed by atoms with Crippen molar-refractivity contribution in [2.24, 2.45) is 0 Å². The lowest BCUT2D eigenvalue weighted by Crippen LogP contribution is -2.37. The number of para-hydroxylation sites is 2. The van der Waals surface area contributed by atoms with Crippen molar-refractivity contribution in [2.75, 3.05) is 43.9 Å². The largest absolute Gasteiger partial charge is 0.491 e. The van der Waals surface area contributed by atoms with Crippen LogP contribution in [0, 0.1) is 0 Å². The predicted molar refractivity (Wildman–Crippen MR) is 153 cm³/mol. The number of fused-ring (bicyclic) bond motifs is 10. The summed E-state index contributed by atoms with van der Waals surface area (Å²) >= 11 is 0. The Bertz CT molecular complexity index is 1890. The normalized spacial score (nSPS) is 23.7. The smallest absolute Gasteiger partial charge is 0.243 e. The van der Waals surface area contributed by atoms with Gasteiger partial charge in [-0.05, 0) is 35.4 Å². The Morgan fingerprint density at radius 2 is 0.930 bits per heavy atom. The fourth-order valence-electron chi connectivity index (χ4n) is 6.88. The Hall–Kier alpha value is -5.38. The van der Waals surface area contributed by atoms with Crippen LogP contribution < -0.4 is 39.1 Å². The van der Waals surface area contributed by atoms with E-state index in [1.54, 1.807) is 6.07 Å². The van der Waals surface area contributed by atoms with Crippen LogP contribution in [0.2, 0.25) is 0 Å². The van der Waals surface area contributed by atoms with Crippen LogP contribution in [0.5, 0.6) is 34.5 Å². The standard InChI is InChI=1S/C17H13NO4.C16H11NO4/c19-16-17(10-3-1-2-4-12(10)18-16)9-22-13-8-15-14(7-11(13)17)20-5-6-21-15;18-15-16(9-3-1-2-4-11(9)17-15)7-19-12-6-14-13(5-10(12)16)20-8-21-14/h1-4,7-8H,5-6,9H2,(H,18,19);1-6H,7-8H2,(H,17,18)/t17-;/m0./s1. The zero-order chi connectivity index (χ0) is 28.8. The minimum Gasteiger partial charge on any atom is -0.491 e. The number of hydrogen-bond donors (Lipinski definition) is 2. The summed E-state index contributed by atoms with van der Waals surface area (Å²) in [5.41, 5.74) is 3.71. The number of amides is 2. The first-order chi connectivity index (χ1) is 21.1. The molecule has 10 nitrogen and oxygen atoms in total. The molecule has 4 aromatic rings. The highest BCUT2D eigenvalue weighted by Gasteiger charge is 2.55. The zero-order valence-electron chi connectivity index (χ0n) is 22.7. The Kier molecular flexibility index (Phi) is 4.83. The summed E-state index contributed by atoms with van der Waals surface area (Å²) in [7, 11) is 0. The number of carbonyl (C=O) groups is 2. The molecule has 2 spiro atoms. The lowest BCUT2D eigenvalue weighted by Gasteiger charge is -2.23. The molecule has 4 aromatic carbocycles. The van der Waals surface area contributed by atoms with Crippen molar-refractivity contribution in [2.45, 2.75) is 10.8 Å². The van der Waals surface area contributed by atoms with Gasteiger partial charge in [0.1, 0.15) is 48.8 Å². The third-order valence-electron chi connectivity index (χ3n) is 8.97. The maximum absolute atomic E-state index is 12.7. The van der Waals surface area contributed by atoms with Crippen molar-refractivity contribution >= 4 is 23.2 Å². The highest BCUT2D eigenvalue weighted by atomic mass is 16.7. The van der Waals surface area contributed by atoms with E-state index in [4.69, 9.17) is 28.4 Å². The number of ether oxygens (including phenoxy) is 6. The molecule has 0 bridgehead atoms. The number of benzene rings is 4. The average Bonchev–Trinajstić information content (AvgIpc) is 3.84. The van der Waals surface area contributed by atoms with Crippen LogP contribution in [-0.4, -0.2) is 45.0 Å². The number of hydrogen-bond acceptors (Lipinski definition) is 8. The first kappa shape index (κ1) is 24.2. The SMILES string of the molecule is O=C1Nc2ccccc2C12COc1cc3c(cc12)OCO3.O=C1Nc2ccccc2[C@]12COc1cc3c(cc12)OCCO3. The van der Waals surface area contributed by atoms with Crippen molar-refractivity contribution in [1.29, 1.82) is 0 Å². The van der Waals surface area contributed by atoms with E-state index in [0.29, 0.717) is 60.9 Å². The van der Waals surface area contributed by atoms with Crippen LogP contribution >= 0.6 is 0 Å². The average molecular weight is 577 g/mol. The first-order valence-electron chi connectivity index (χ1n) is 14.0. The lowest BCUT2D eigenvalue weighted by molar-refractivity contribution is -0.120. The quantitative estimate of drug-likeness (QED) is 0.321. The van der Waals surface area contributed by atoms with Crippen molar-refractivity contribution in [3.05, 3.63) is 95.1 Å². The van der Waals surface area contributed by atoms with Crippen molar-refractivity contribution in [1.82, 2.24) is 0 Å². The van der Waals surface area contributed by atoms with Crippen LogP contribution in [-0.2, 0) is 20.4 Å². The van der Waals surface area contributed by atoms with Gasteiger partial charge in [-0.3, -0.25) is 9.59 Å². The Morgan fingerprint density at radius 3 is 1.47 bits per heavy atom. The van der Waals surface area contributed by atoms with Gasteiger partial charge in [0.25, 0.3) is 0 Å². The van der Waals surface area contributed by atoms with Crippen LogP contribution in [0.15, 0.2) is 72.8 Å². The van der Waals surface area contributed by atoms with Gasteiger partial charge >= 0.3 is 0 Å². The van der Waals surface area contributed by atoms with Crippen molar-refractivity contribution in [3.63, 3.8) is 0 Å². The summed E-state index contributed by atoms with van der Waals surface area (Å²) < 4.78 is 33.7. The summed E-state index contributed by atoms with van der Waals surface area (Å²) in [6, 6.07) is 22.9. The third-order valence-corrected chi connectivity index (χ3v) is 8.97. The second-order valence-corrected chi connectivity index (χ2v) is 11.1. The summed E-state index contributed by atoms with van der Waals surface area (Å²) in [6.45, 7) is 1.85. The molecule has 0 saturated carbocycles. The maximum Gasteiger partial charge on any atom is 0.243 e. The van der Waals surface area contributed by atoms with E-state index in [1.807, 2.05) is 66.7 Å². The van der Waals surface area contributed by atoms with Crippen LogP contribution in [0.25, 0.3) is 0 Å². The molecule has 1 unspecified atom stereocenters. The molecule has 0 fully saturated rings. The molecule has 43 heavy (non-hydrogen) atoms. The Labute approximate surface area is 245 Å². The molecular weight excluding hydrogens is 552 g/mol. The molecule has 10 heteroatoms. The van der Waals surface area contributed by atoms with Gasteiger partial charge in [-0.15, -0.1) is 0 Å². The van der Waals surface area contributed by atoms with E-state index in [1.165, 1.54) is 0 Å². The van der Waals surface area contributed by atoms with Crippen LogP contribution in [0.4, 0.5) is 11.4 Å². The molecule has 6 heterocycles. The van der Waals surface area contributed by atoms with E-state index < -0.39 is 10.8 Å². The molecule has 2 amide bonds. The van der Waals surface area contributed by atoms with Crippen LogP contribution in [0.3, 0.4) is 0 Å². The zero-order valence-corrected chi connectivity index (χ0v) is 22.7. The van der Waals surface area contributed by atoms with Gasteiger partial charge in [0, 0.05) is 34.6 Å². The summed E-state index contributed by atoms with van der Waals surface area (Å²) in [4.78, 5) is 25.4. The van der Waals surface area contributed by atoms with Gasteiger partial charge in [0.05, 0.1) is 0 Å². The van der Waals surface area contributed by atoms with Gasteiger partial charge in [0.15, 0.2) is 23.0 Å². The number of rotatable bonds is 0. The minimum atomic E-state index is -0.790. The Balaban J connectivity index is 0.000000121. The molecule has 6 aliphatic rings. The van der Waals surface area contributed by atoms with Gasteiger partial charge in [-0.25, -0.2) is 0 Å². The topological polar surface area (TPSA) is 114 Å². The van der Waals surface area contributed by atoms with Gasteiger partial charge < -0.3 is 39.1 Å². The summed E-state index contributed by atoms with van der Waals surface area (Å²) in [5.74, 6) is 3.95. The van der Waals surface area contributed by atoms with Gasteiger partial charge in [0.2, 0.25) is 18.6 Å². The maximum atomic E-state index is 12.7. The second-order valence-electron chi connectivity index (χ2n) is 11.1. The second kappa shape index (κ2) is 8.57. The third kappa shape index (κ3) is 3.17. The lowest BCUT2D eigenvalue weighted by atomic mass is 9.77. The number of nitrogens with one attached hydrogen (secondary N) is 2. The van der Waals surface area contributed by atoms with E-state index in [0.717, 1.165) is 33.6 Å². The molecule has 0 aliphatic carbocycles. The predicted octanol–water partition coefficient (Wildman–Crippen LogP) is 4.13. The fourth-order valence-corrected chi connectivity index (χ4v) is 6.88. The van der Waals surface area contributed by atoms with Gasteiger partial charge in [-0.1, -0.05) is 36.4 Å². The molecule has 0 saturated heterocycles. The highest BCUT2D eigenvalue weighted by Crippen LogP contribution is 2.54. The molecule has 2 N–H and O–H groups in total. The van der Waals surface area contributed by atoms with Crippen LogP contribution in [0.1, 0.15) is 22.3 Å². The monoisotopic (exact) mass is 576 g/mol. The van der Waals surface area contributed by atoms with E-state index in [-0.39, 0.29) is 18.6 Å². The highest BCUT2D eigenvalue weighted by molar-refractivity contribution is 6.10. The van der Waals surface area contributed by atoms with Crippen molar-refractivity contribution < 1.29 is 38.0 Å². The molecule has 2 atom stereocenters. The van der Waals surface area contributed by atoms with E-state index >= 15 is 0 Å². The molecule has 0 aromatic heterocycles. The first-order valence-corrected chi connectivity index (χ1v) is 14.0. The molecule has 0 radical (unpaired) electrons. The summed E-state index contributed by atoms with van der Waals surface area (Å²) in [5, 5.41) is 5.91. The number of anilines is 2. The molecule has 10 rings (SSSR count). The van der Waals surface area contributed by atoms with Crippen molar-refractivity contribution in [3.8, 4) is 34.5 Å². The molecule has 6 aliphatic heterocycles. The summed E-state index contributed by atoms with van der Waals surface area (Å²) in [6.07, 6.45) is 0.